The molecule has 1 aromatic rings. The summed E-state index contributed by atoms with van der Waals surface area (Å²) in [5.74, 6) is 0. The number of benzene rings is 1. The first-order chi connectivity index (χ1) is 9.18. The van der Waals surface area contributed by atoms with Crippen molar-refractivity contribution in [1.82, 2.24) is 5.32 Å². The van der Waals surface area contributed by atoms with E-state index in [4.69, 9.17) is 9.79 Å². The van der Waals surface area contributed by atoms with E-state index >= 15 is 0 Å². The fourth-order valence-corrected chi connectivity index (χ4v) is 4.70. The summed E-state index contributed by atoms with van der Waals surface area (Å²) < 4.78 is 22.2. The molecule has 0 aromatic heterocycles. The zero-order valence-electron chi connectivity index (χ0n) is 12.5. The zero-order valence-corrected chi connectivity index (χ0v) is 18.3. The van der Waals surface area contributed by atoms with Gasteiger partial charge in [-0.05, 0) is 38.0 Å². The van der Waals surface area contributed by atoms with Crippen molar-refractivity contribution < 1.29 is 87.8 Å². The Morgan fingerprint density at radius 3 is 2.18 bits per heavy atom. The Bertz CT molecular complexity index is 568. The molecule has 0 fully saturated rings. The Morgan fingerprint density at radius 1 is 1.14 bits per heavy atom. The van der Waals surface area contributed by atoms with Crippen molar-refractivity contribution in [2.75, 3.05) is 0 Å². The summed E-state index contributed by atoms with van der Waals surface area (Å²) in [6.45, 7) is 0. The second-order valence-electron chi connectivity index (χ2n) is 4.88. The summed E-state index contributed by atoms with van der Waals surface area (Å²) in [6, 6.07) is 7.13. The second-order valence-corrected chi connectivity index (χ2v) is 8.58. The van der Waals surface area contributed by atoms with Crippen molar-refractivity contribution in [3.8, 4) is 0 Å². The van der Waals surface area contributed by atoms with Gasteiger partial charge in [0.05, 0.1) is 0 Å². The van der Waals surface area contributed by atoms with E-state index in [2.05, 4.69) is 5.32 Å². The van der Waals surface area contributed by atoms with Gasteiger partial charge in [-0.2, -0.15) is 0 Å². The monoisotopic (exact) mass is 365 g/mol. The molecular weight excluding hydrogens is 350 g/mol. The topological polar surface area (TPSA) is 133 Å². The van der Waals surface area contributed by atoms with Gasteiger partial charge in [0.25, 0.3) is 0 Å². The van der Waals surface area contributed by atoms with Crippen molar-refractivity contribution in [1.29, 1.82) is 0 Å². The number of hydrogen-bond acceptors (Lipinski definition) is 5. The molecule has 0 radical (unpaired) electrons. The molecule has 1 aliphatic rings. The third-order valence-corrected chi connectivity index (χ3v) is 6.64. The Kier molecular flexibility index (Phi) is 9.88. The van der Waals surface area contributed by atoms with Gasteiger partial charge < -0.3 is 24.1 Å². The van der Waals surface area contributed by atoms with Gasteiger partial charge in [-0.1, -0.05) is 24.3 Å². The first-order valence-corrected chi connectivity index (χ1v) is 9.37. The minimum Gasteiger partial charge on any atom is -0.809 e. The Hall–Kier alpha value is 1.48. The summed E-state index contributed by atoms with van der Waals surface area (Å²) in [7, 11) is -10.5. The molecule has 112 valence electrons. The molecule has 2 unspecified atom stereocenters. The Balaban J connectivity index is 0.00000220. The Labute approximate surface area is 173 Å². The molecule has 0 bridgehead atoms. The Morgan fingerprint density at radius 2 is 1.68 bits per heavy atom. The number of fused-ring (bicyclic) bond motifs is 1. The van der Waals surface area contributed by atoms with E-state index in [9.17, 15) is 18.9 Å². The molecule has 0 saturated heterocycles. The van der Waals surface area contributed by atoms with Crippen LogP contribution in [0.2, 0.25) is 0 Å². The molecule has 0 heterocycles. The fraction of sp³-hybridized carbons (Fsp3) is 0.455. The van der Waals surface area contributed by atoms with Crippen LogP contribution < -0.4 is 74.2 Å². The smallest absolute Gasteiger partial charge is 0.809 e. The van der Waals surface area contributed by atoms with Crippen LogP contribution in [0.3, 0.4) is 0 Å². The predicted octanol–water partition coefficient (Wildman–Crippen LogP) is -6.48. The maximum absolute atomic E-state index is 11.2. The van der Waals surface area contributed by atoms with E-state index < -0.39 is 26.8 Å². The number of rotatable bonds is 4. The maximum atomic E-state index is 11.2. The van der Waals surface area contributed by atoms with Crippen molar-refractivity contribution in [2.45, 2.75) is 30.8 Å². The van der Waals surface area contributed by atoms with Crippen molar-refractivity contribution in [3.63, 3.8) is 0 Å². The van der Waals surface area contributed by atoms with Crippen LogP contribution in [0.4, 0.5) is 0 Å². The van der Waals surface area contributed by atoms with Crippen LogP contribution in [0.1, 0.15) is 17.5 Å². The largest absolute Gasteiger partial charge is 1.00 e. The van der Waals surface area contributed by atoms with Crippen molar-refractivity contribution in [2.24, 2.45) is 0 Å². The first kappa shape index (κ1) is 23.5. The minimum atomic E-state index is -5.42. The fourth-order valence-electron chi connectivity index (χ4n) is 2.42. The molecule has 3 N–H and O–H groups in total. The summed E-state index contributed by atoms with van der Waals surface area (Å²) in [5.41, 5.74) is -0.233. The van der Waals surface area contributed by atoms with Crippen molar-refractivity contribution >= 4 is 15.2 Å². The molecule has 1 aromatic carbocycles. The van der Waals surface area contributed by atoms with E-state index in [1.165, 1.54) is 0 Å². The number of aryl methyl sites for hydroxylation is 1. The van der Waals surface area contributed by atoms with Crippen LogP contribution in [0, 0.1) is 0 Å². The van der Waals surface area contributed by atoms with Gasteiger partial charge in [-0.15, -0.1) is 0 Å². The zero-order chi connectivity index (χ0) is 15.0. The quantitative estimate of drug-likeness (QED) is 0.357. The van der Waals surface area contributed by atoms with E-state index in [-0.39, 0.29) is 59.1 Å². The van der Waals surface area contributed by atoms with E-state index in [1.54, 1.807) is 0 Å². The molecule has 0 amide bonds. The molecule has 1 aliphatic carbocycles. The summed E-state index contributed by atoms with van der Waals surface area (Å²) in [4.78, 5) is 40.1. The van der Waals surface area contributed by atoms with Gasteiger partial charge in [-0.25, -0.2) is 0 Å². The van der Waals surface area contributed by atoms with E-state index in [0.29, 0.717) is 19.3 Å². The predicted molar refractivity (Wildman–Crippen MR) is 68.8 cm³/mol. The van der Waals surface area contributed by atoms with Crippen LogP contribution in [0.5, 0.6) is 0 Å². The standard InChI is InChI=1S/C11H17NO6P2.2Na/c13-19(14,15)11(20(16,17)18)12-10-6-5-8-3-1-2-4-9(8)7-10;;/h1-4,10-12H,5-7H2,(H2,13,14,15)(H2,16,17,18);;/q;2*+1/p-2. The van der Waals surface area contributed by atoms with Crippen LogP contribution in [-0.4, -0.2) is 21.4 Å². The van der Waals surface area contributed by atoms with Crippen molar-refractivity contribution in [3.05, 3.63) is 35.4 Å². The molecule has 0 aliphatic heterocycles. The van der Waals surface area contributed by atoms with Gasteiger partial charge in [0, 0.05) is 6.04 Å². The van der Waals surface area contributed by atoms with E-state index in [1.807, 2.05) is 24.3 Å². The molecule has 0 spiro atoms. The molecule has 2 atom stereocenters. The third kappa shape index (κ3) is 6.41. The summed E-state index contributed by atoms with van der Waals surface area (Å²) in [6.07, 6.45) is 1.63. The van der Waals surface area contributed by atoms with Crippen LogP contribution >= 0.6 is 15.2 Å². The van der Waals surface area contributed by atoms with Gasteiger partial charge in [0.2, 0.25) is 0 Å². The van der Waals surface area contributed by atoms with E-state index in [0.717, 1.165) is 11.1 Å². The van der Waals surface area contributed by atoms with Crippen LogP contribution in [0.25, 0.3) is 0 Å². The molecular formula is C11H15NNa2O6P2. The molecule has 2 rings (SSSR count). The molecule has 7 nitrogen and oxygen atoms in total. The maximum Gasteiger partial charge on any atom is 1.00 e. The average Bonchev–Trinajstić information content (AvgIpc) is 2.33. The normalized spacial score (nSPS) is 19.4. The molecule has 11 heteroatoms. The number of hydrogen-bond donors (Lipinski definition) is 3. The second kappa shape index (κ2) is 9.25. The molecule has 0 saturated carbocycles. The van der Waals surface area contributed by atoms with Gasteiger partial charge >= 0.3 is 66.7 Å². The van der Waals surface area contributed by atoms with Gasteiger partial charge in [-0.3, -0.25) is 9.88 Å². The molecule has 22 heavy (non-hydrogen) atoms. The average molecular weight is 365 g/mol. The summed E-state index contributed by atoms with van der Waals surface area (Å²) in [5, 5.41) is 2.33. The van der Waals surface area contributed by atoms with Crippen LogP contribution in [-0.2, 0) is 22.0 Å². The van der Waals surface area contributed by atoms with Gasteiger partial charge in [0.1, 0.15) is 5.52 Å². The number of nitrogens with one attached hydrogen (secondary N) is 1. The minimum absolute atomic E-state index is 0. The summed E-state index contributed by atoms with van der Waals surface area (Å²) >= 11 is 0. The first-order valence-electron chi connectivity index (χ1n) is 6.07. The van der Waals surface area contributed by atoms with Gasteiger partial charge in [0.15, 0.2) is 0 Å². The van der Waals surface area contributed by atoms with Crippen LogP contribution in [0.15, 0.2) is 24.3 Å². The SMILES string of the molecule is O=P([O-])([O-])C(NC1CCc2ccccc2C1)P(=O)(O)O.[Na+].[Na+]. The third-order valence-electron chi connectivity index (χ3n) is 3.35.